The van der Waals surface area contributed by atoms with Gasteiger partial charge in [-0.05, 0) is 60.7 Å². The number of alkyl halides is 2. The van der Waals surface area contributed by atoms with E-state index in [4.69, 9.17) is 27.9 Å². The molecule has 178 valence electrons. The fourth-order valence-electron chi connectivity index (χ4n) is 4.08. The number of amides is 2. The summed E-state index contributed by atoms with van der Waals surface area (Å²) in [5.74, 6) is -0.162. The van der Waals surface area contributed by atoms with Crippen molar-refractivity contribution in [3.63, 3.8) is 0 Å². The topological polar surface area (TPSA) is 62.2 Å². The van der Waals surface area contributed by atoms with Gasteiger partial charge in [0.1, 0.15) is 11.8 Å². The summed E-state index contributed by atoms with van der Waals surface area (Å²) >= 11 is 12.1. The van der Waals surface area contributed by atoms with Crippen LogP contribution >= 0.6 is 23.2 Å². The Balaban J connectivity index is 1.92. The molecular weight excluding hydrogens is 489 g/mol. The van der Waals surface area contributed by atoms with Crippen LogP contribution in [0.15, 0.2) is 72.8 Å². The summed E-state index contributed by atoms with van der Waals surface area (Å²) in [6, 6.07) is 16.9. The Bertz CT molecular complexity index is 1160. The quantitative estimate of drug-likeness (QED) is 0.431. The first-order valence-corrected chi connectivity index (χ1v) is 10.9. The molecule has 1 fully saturated rings. The molecule has 4 rings (SSSR count). The molecule has 1 aliphatic rings. The fourth-order valence-corrected chi connectivity index (χ4v) is 4.33. The number of benzene rings is 3. The van der Waals surface area contributed by atoms with Gasteiger partial charge in [-0.2, -0.15) is 8.78 Å². The van der Waals surface area contributed by atoms with Gasteiger partial charge in [-0.1, -0.05) is 35.3 Å². The number of ether oxygens (including phenoxy) is 2. The maximum Gasteiger partial charge on any atom is 0.387 e. The third-order valence-electron chi connectivity index (χ3n) is 5.51. The van der Waals surface area contributed by atoms with Gasteiger partial charge in [0, 0.05) is 34.1 Å². The van der Waals surface area contributed by atoms with E-state index < -0.39 is 24.4 Å². The molecule has 0 aliphatic carbocycles. The summed E-state index contributed by atoms with van der Waals surface area (Å²) in [6.45, 7) is -3.13. The van der Waals surface area contributed by atoms with Gasteiger partial charge in [-0.25, -0.2) is 4.79 Å². The molecule has 0 saturated carbocycles. The van der Waals surface area contributed by atoms with E-state index in [1.165, 1.54) is 41.2 Å². The van der Waals surface area contributed by atoms with Crippen LogP contribution in [0.2, 0.25) is 10.0 Å². The van der Waals surface area contributed by atoms with Crippen molar-refractivity contribution < 1.29 is 28.2 Å². The van der Waals surface area contributed by atoms with E-state index in [0.29, 0.717) is 21.4 Å². The van der Waals surface area contributed by atoms with E-state index in [9.17, 15) is 18.7 Å². The molecule has 1 N–H and O–H groups in total. The second-order valence-electron chi connectivity index (χ2n) is 7.54. The van der Waals surface area contributed by atoms with Crippen molar-refractivity contribution in [2.24, 2.45) is 0 Å². The third-order valence-corrected chi connectivity index (χ3v) is 6.02. The van der Waals surface area contributed by atoms with Gasteiger partial charge in [0.05, 0.1) is 6.61 Å². The van der Waals surface area contributed by atoms with E-state index in [2.05, 4.69) is 4.74 Å². The van der Waals surface area contributed by atoms with Crippen LogP contribution in [0.5, 0.6) is 5.75 Å². The number of halogens is 4. The highest BCUT2D eigenvalue weighted by Gasteiger charge is 2.59. The molecular formula is C24H20Cl2F2N2O4. The molecule has 1 aliphatic heterocycles. The minimum Gasteiger partial charge on any atom is -0.435 e. The van der Waals surface area contributed by atoms with Gasteiger partial charge in [0.25, 0.3) is 0 Å². The van der Waals surface area contributed by atoms with Crippen LogP contribution in [0.1, 0.15) is 5.56 Å². The van der Waals surface area contributed by atoms with Crippen LogP contribution < -0.4 is 14.5 Å². The molecule has 34 heavy (non-hydrogen) atoms. The highest BCUT2D eigenvalue weighted by molar-refractivity contribution is 6.31. The van der Waals surface area contributed by atoms with Crippen molar-refractivity contribution in [2.45, 2.75) is 18.4 Å². The van der Waals surface area contributed by atoms with Crippen LogP contribution in [0.25, 0.3) is 0 Å². The molecule has 1 heterocycles. The minimum absolute atomic E-state index is 0.0745. The first-order chi connectivity index (χ1) is 16.3. The molecule has 6 nitrogen and oxygen atoms in total. The Morgan fingerprint density at radius 1 is 1.00 bits per heavy atom. The number of urea groups is 1. The summed E-state index contributed by atoms with van der Waals surface area (Å²) in [5, 5.41) is 13.1. The minimum atomic E-state index is -3.05. The zero-order chi connectivity index (χ0) is 24.5. The van der Waals surface area contributed by atoms with Gasteiger partial charge < -0.3 is 14.6 Å². The van der Waals surface area contributed by atoms with Gasteiger partial charge in [-0.15, -0.1) is 0 Å². The predicted octanol–water partition coefficient (Wildman–Crippen LogP) is 5.90. The molecule has 3 aromatic rings. The molecule has 3 aromatic carbocycles. The summed E-state index contributed by atoms with van der Waals surface area (Å²) < 4.78 is 35.7. The number of hydrogen-bond donors (Lipinski definition) is 1. The normalized spacial score (nSPS) is 20.3. The van der Waals surface area contributed by atoms with Crippen molar-refractivity contribution >= 4 is 40.6 Å². The van der Waals surface area contributed by atoms with E-state index >= 15 is 0 Å². The Labute approximate surface area is 204 Å². The van der Waals surface area contributed by atoms with Crippen LogP contribution in [0.3, 0.4) is 0 Å². The highest BCUT2D eigenvalue weighted by atomic mass is 35.5. The Morgan fingerprint density at radius 2 is 1.59 bits per heavy atom. The summed E-state index contributed by atoms with van der Waals surface area (Å²) in [5.41, 5.74) is -1.06. The number of aliphatic hydroxyl groups is 1. The molecule has 10 heteroatoms. The zero-order valence-electron chi connectivity index (χ0n) is 17.9. The van der Waals surface area contributed by atoms with Crippen LogP contribution in [-0.4, -0.2) is 37.5 Å². The molecule has 0 spiro atoms. The summed E-state index contributed by atoms with van der Waals surface area (Å²) in [4.78, 5) is 16.4. The van der Waals surface area contributed by atoms with Crippen LogP contribution in [0.4, 0.5) is 25.0 Å². The lowest BCUT2D eigenvalue weighted by atomic mass is 9.93. The van der Waals surface area contributed by atoms with Crippen molar-refractivity contribution in [2.75, 3.05) is 23.5 Å². The molecule has 0 radical (unpaired) electrons. The monoisotopic (exact) mass is 508 g/mol. The first-order valence-electron chi connectivity index (χ1n) is 10.2. The largest absolute Gasteiger partial charge is 0.435 e. The summed E-state index contributed by atoms with van der Waals surface area (Å²) in [6.07, 6.45) is 0. The second-order valence-corrected chi connectivity index (χ2v) is 8.42. The highest BCUT2D eigenvalue weighted by Crippen LogP contribution is 2.45. The standard InChI is InChI=1S/C24H20Cl2F2N2O4/c1-33-14-21-24(32,15-3-2-4-20(13-15)34-22(27)28)30(19-11-7-17(26)8-12-19)23(31)29(21)18-9-5-16(25)6-10-18/h2-13,21-22,32H,14H2,1H3. The number of methoxy groups -OCH3 is 1. The average Bonchev–Trinajstić information content (AvgIpc) is 3.02. The lowest BCUT2D eigenvalue weighted by Crippen LogP contribution is -2.51. The number of hydrogen-bond acceptors (Lipinski definition) is 4. The van der Waals surface area contributed by atoms with Gasteiger partial charge >= 0.3 is 12.6 Å². The molecule has 0 aromatic heterocycles. The maximum absolute atomic E-state index is 13.8. The van der Waals surface area contributed by atoms with Crippen molar-refractivity contribution in [3.05, 3.63) is 88.4 Å². The smallest absolute Gasteiger partial charge is 0.387 e. The van der Waals surface area contributed by atoms with E-state index in [1.54, 1.807) is 48.5 Å². The number of carbonyl (C=O) groups excluding carboxylic acids is 1. The number of anilines is 2. The Morgan fingerprint density at radius 3 is 2.15 bits per heavy atom. The van der Waals surface area contributed by atoms with Crippen molar-refractivity contribution in [3.8, 4) is 5.75 Å². The lowest BCUT2D eigenvalue weighted by Gasteiger charge is -2.37. The SMILES string of the molecule is COCC1N(c2ccc(Cl)cc2)C(=O)N(c2ccc(Cl)cc2)C1(O)c1cccc(OC(F)F)c1. The second kappa shape index (κ2) is 9.76. The predicted molar refractivity (Wildman–Crippen MR) is 126 cm³/mol. The average molecular weight is 509 g/mol. The lowest BCUT2D eigenvalue weighted by molar-refractivity contribution is -0.0504. The Kier molecular flexibility index (Phi) is 6.95. The number of carbonyl (C=O) groups is 1. The molecule has 1 saturated heterocycles. The number of nitrogens with zero attached hydrogens (tertiary/aromatic N) is 2. The molecule has 2 unspecified atom stereocenters. The van der Waals surface area contributed by atoms with E-state index in [-0.39, 0.29) is 17.9 Å². The van der Waals surface area contributed by atoms with Crippen LogP contribution in [0, 0.1) is 0 Å². The number of rotatable bonds is 7. The Hall–Kier alpha value is -2.91. The van der Waals surface area contributed by atoms with E-state index in [1.807, 2.05) is 0 Å². The first kappa shape index (κ1) is 24.2. The van der Waals surface area contributed by atoms with Crippen LogP contribution in [-0.2, 0) is 10.5 Å². The molecule has 2 atom stereocenters. The summed E-state index contributed by atoms with van der Waals surface area (Å²) in [7, 11) is 1.44. The van der Waals surface area contributed by atoms with Gasteiger partial charge in [-0.3, -0.25) is 9.80 Å². The van der Waals surface area contributed by atoms with Gasteiger partial charge in [0.15, 0.2) is 5.72 Å². The molecule has 2 amide bonds. The molecule has 0 bridgehead atoms. The van der Waals surface area contributed by atoms with E-state index in [0.717, 1.165) is 0 Å². The van der Waals surface area contributed by atoms with Crippen molar-refractivity contribution in [1.29, 1.82) is 0 Å². The third kappa shape index (κ3) is 4.42. The fraction of sp³-hybridized carbons (Fsp3) is 0.208. The zero-order valence-corrected chi connectivity index (χ0v) is 19.4. The van der Waals surface area contributed by atoms with Gasteiger partial charge in [0.2, 0.25) is 0 Å². The van der Waals surface area contributed by atoms with Crippen molar-refractivity contribution in [1.82, 2.24) is 0 Å². The maximum atomic E-state index is 13.8.